The minimum Gasteiger partial charge on any atom is -0.419 e. The van der Waals surface area contributed by atoms with E-state index in [0.717, 1.165) is 24.9 Å². The largest absolute Gasteiger partial charge is 0.419 e. The number of aryl methyl sites for hydroxylation is 1. The second kappa shape index (κ2) is 5.73. The molecule has 1 N–H and O–H groups in total. The molecule has 0 spiro atoms. The van der Waals surface area contributed by atoms with Gasteiger partial charge in [0.25, 0.3) is 0 Å². The molecule has 0 bridgehead atoms. The Morgan fingerprint density at radius 2 is 2.30 bits per heavy atom. The maximum Gasteiger partial charge on any atom is 0.247 e. The molecule has 0 unspecified atom stereocenters. The Morgan fingerprint density at radius 1 is 1.40 bits per heavy atom. The second-order valence-electron chi connectivity index (χ2n) is 5.32. The van der Waals surface area contributed by atoms with Crippen LogP contribution in [-0.4, -0.2) is 39.4 Å². The highest BCUT2D eigenvalue weighted by Crippen LogP contribution is 2.22. The van der Waals surface area contributed by atoms with Crippen LogP contribution in [0.1, 0.15) is 24.3 Å². The van der Waals surface area contributed by atoms with E-state index < -0.39 is 0 Å². The number of benzene rings is 1. The first-order chi connectivity index (χ1) is 9.76. The molecule has 1 saturated heterocycles. The molecule has 2 heterocycles. The average Bonchev–Trinajstić information content (AvgIpc) is 3.08. The zero-order valence-corrected chi connectivity index (χ0v) is 11.6. The lowest BCUT2D eigenvalue weighted by molar-refractivity contribution is 0.144. The first-order valence-corrected chi connectivity index (χ1v) is 7.00. The van der Waals surface area contributed by atoms with Gasteiger partial charge in [-0.2, -0.15) is 0 Å². The van der Waals surface area contributed by atoms with Crippen LogP contribution in [0.3, 0.4) is 0 Å². The van der Waals surface area contributed by atoms with E-state index in [2.05, 4.69) is 15.1 Å². The van der Waals surface area contributed by atoms with Gasteiger partial charge in [-0.05, 0) is 38.4 Å². The van der Waals surface area contributed by atoms with Crippen molar-refractivity contribution in [3.05, 3.63) is 35.7 Å². The smallest absolute Gasteiger partial charge is 0.247 e. The van der Waals surface area contributed by atoms with Crippen molar-refractivity contribution in [2.24, 2.45) is 0 Å². The van der Waals surface area contributed by atoms with Crippen molar-refractivity contribution >= 4 is 0 Å². The molecule has 3 rings (SSSR count). The third kappa shape index (κ3) is 2.73. The fourth-order valence-corrected chi connectivity index (χ4v) is 2.70. The van der Waals surface area contributed by atoms with Crippen molar-refractivity contribution in [2.45, 2.75) is 32.4 Å². The van der Waals surface area contributed by atoms with Crippen molar-refractivity contribution in [3.8, 4) is 11.5 Å². The van der Waals surface area contributed by atoms with Gasteiger partial charge in [-0.1, -0.05) is 17.7 Å². The summed E-state index contributed by atoms with van der Waals surface area (Å²) in [6, 6.07) is 8.25. The van der Waals surface area contributed by atoms with Crippen LogP contribution in [0.4, 0.5) is 0 Å². The molecule has 5 nitrogen and oxygen atoms in total. The molecular weight excluding hydrogens is 254 g/mol. The topological polar surface area (TPSA) is 62.4 Å². The van der Waals surface area contributed by atoms with E-state index in [1.165, 1.54) is 5.56 Å². The maximum absolute atomic E-state index is 9.32. The highest BCUT2D eigenvalue weighted by atomic mass is 16.4. The van der Waals surface area contributed by atoms with E-state index in [1.54, 1.807) is 0 Å². The lowest BCUT2D eigenvalue weighted by Gasteiger charge is -2.20. The van der Waals surface area contributed by atoms with E-state index in [1.807, 2.05) is 31.2 Å². The Morgan fingerprint density at radius 3 is 3.10 bits per heavy atom. The van der Waals surface area contributed by atoms with E-state index in [4.69, 9.17) is 4.42 Å². The number of hydrogen-bond acceptors (Lipinski definition) is 5. The molecule has 1 aromatic heterocycles. The molecule has 2 aromatic rings. The molecule has 1 aromatic carbocycles. The predicted molar refractivity (Wildman–Crippen MR) is 75.0 cm³/mol. The first-order valence-electron chi connectivity index (χ1n) is 7.00. The molecule has 1 fully saturated rings. The Labute approximate surface area is 118 Å². The van der Waals surface area contributed by atoms with Crippen molar-refractivity contribution in [1.82, 2.24) is 15.1 Å². The highest BCUT2D eigenvalue weighted by molar-refractivity contribution is 5.53. The van der Waals surface area contributed by atoms with Gasteiger partial charge in [0.2, 0.25) is 11.8 Å². The Balaban J connectivity index is 1.74. The maximum atomic E-state index is 9.32. The number of aromatic nitrogens is 2. The molecule has 1 aliphatic heterocycles. The van der Waals surface area contributed by atoms with Crippen LogP contribution in [0.5, 0.6) is 0 Å². The van der Waals surface area contributed by atoms with Crippen LogP contribution >= 0.6 is 0 Å². The fraction of sp³-hybridized carbons (Fsp3) is 0.467. The number of aliphatic hydroxyl groups is 1. The summed E-state index contributed by atoms with van der Waals surface area (Å²) in [5.74, 6) is 1.17. The zero-order valence-electron chi connectivity index (χ0n) is 11.6. The third-order valence-electron chi connectivity index (χ3n) is 3.78. The second-order valence-corrected chi connectivity index (χ2v) is 5.32. The van der Waals surface area contributed by atoms with Gasteiger partial charge in [-0.15, -0.1) is 10.2 Å². The number of nitrogens with zero attached hydrogens (tertiary/aromatic N) is 3. The summed E-state index contributed by atoms with van der Waals surface area (Å²) in [6.07, 6.45) is 2.15. The summed E-state index contributed by atoms with van der Waals surface area (Å²) in [5.41, 5.74) is 2.12. The van der Waals surface area contributed by atoms with E-state index in [9.17, 15) is 5.11 Å². The van der Waals surface area contributed by atoms with Crippen molar-refractivity contribution in [1.29, 1.82) is 0 Å². The minimum atomic E-state index is 0.193. The van der Waals surface area contributed by atoms with Gasteiger partial charge in [-0.3, -0.25) is 4.90 Å². The fourth-order valence-electron chi connectivity index (χ4n) is 2.70. The number of rotatable bonds is 4. The summed E-state index contributed by atoms with van der Waals surface area (Å²) in [6.45, 7) is 3.83. The van der Waals surface area contributed by atoms with Crippen LogP contribution in [0.15, 0.2) is 28.7 Å². The van der Waals surface area contributed by atoms with E-state index in [0.29, 0.717) is 18.3 Å². The number of aliphatic hydroxyl groups excluding tert-OH is 1. The van der Waals surface area contributed by atoms with Gasteiger partial charge in [0.15, 0.2) is 0 Å². The summed E-state index contributed by atoms with van der Waals surface area (Å²) >= 11 is 0. The van der Waals surface area contributed by atoms with Gasteiger partial charge >= 0.3 is 0 Å². The van der Waals surface area contributed by atoms with E-state index in [-0.39, 0.29) is 12.6 Å². The van der Waals surface area contributed by atoms with Crippen LogP contribution < -0.4 is 0 Å². The van der Waals surface area contributed by atoms with Crippen LogP contribution in [0.25, 0.3) is 11.5 Å². The lowest BCUT2D eigenvalue weighted by atomic mass is 10.1. The monoisotopic (exact) mass is 273 g/mol. The Hall–Kier alpha value is -1.72. The van der Waals surface area contributed by atoms with Crippen molar-refractivity contribution < 1.29 is 9.52 Å². The predicted octanol–water partition coefficient (Wildman–Crippen LogP) is 2.00. The van der Waals surface area contributed by atoms with Gasteiger partial charge < -0.3 is 9.52 Å². The van der Waals surface area contributed by atoms with E-state index >= 15 is 0 Å². The summed E-state index contributed by atoms with van der Waals surface area (Å²) < 4.78 is 5.73. The quantitative estimate of drug-likeness (QED) is 0.923. The first kappa shape index (κ1) is 13.3. The molecule has 0 saturated carbocycles. The molecule has 5 heteroatoms. The van der Waals surface area contributed by atoms with Gasteiger partial charge in [0, 0.05) is 11.6 Å². The molecule has 1 atom stereocenters. The summed E-state index contributed by atoms with van der Waals surface area (Å²) in [4.78, 5) is 2.20. The van der Waals surface area contributed by atoms with Gasteiger partial charge in [0.1, 0.15) is 0 Å². The summed E-state index contributed by atoms with van der Waals surface area (Å²) in [7, 11) is 0. The van der Waals surface area contributed by atoms with Gasteiger partial charge in [0.05, 0.1) is 13.2 Å². The number of hydrogen-bond donors (Lipinski definition) is 1. The van der Waals surface area contributed by atoms with Gasteiger partial charge in [-0.25, -0.2) is 0 Å². The minimum absolute atomic E-state index is 0.193. The van der Waals surface area contributed by atoms with Crippen LogP contribution in [0.2, 0.25) is 0 Å². The summed E-state index contributed by atoms with van der Waals surface area (Å²) in [5, 5.41) is 17.5. The molecule has 0 radical (unpaired) electrons. The molecule has 1 aliphatic rings. The van der Waals surface area contributed by atoms with Crippen LogP contribution in [0, 0.1) is 6.92 Å². The van der Waals surface area contributed by atoms with Crippen LogP contribution in [-0.2, 0) is 6.54 Å². The molecule has 0 amide bonds. The van der Waals surface area contributed by atoms with Crippen molar-refractivity contribution in [3.63, 3.8) is 0 Å². The number of likely N-dealkylation sites (tertiary alicyclic amines) is 1. The third-order valence-corrected chi connectivity index (χ3v) is 3.78. The lowest BCUT2D eigenvalue weighted by Crippen LogP contribution is -2.31. The molecule has 106 valence electrons. The highest BCUT2D eigenvalue weighted by Gasteiger charge is 2.25. The molecule has 0 aliphatic carbocycles. The SMILES string of the molecule is Cc1cccc(-c2nnc(CN3CCC[C@@H]3CO)o2)c1. The standard InChI is InChI=1S/C15H19N3O2/c1-11-4-2-5-12(8-11)15-17-16-14(20-15)9-18-7-3-6-13(18)10-19/h2,4-5,8,13,19H,3,6-7,9-10H2,1H3/t13-/m1/s1. The molecular formula is C15H19N3O2. The Bertz CT molecular complexity index is 582. The average molecular weight is 273 g/mol. The molecule has 20 heavy (non-hydrogen) atoms. The normalized spacial score (nSPS) is 19.6. The van der Waals surface area contributed by atoms with Crippen molar-refractivity contribution in [2.75, 3.05) is 13.2 Å². The Kier molecular flexibility index (Phi) is 3.80. The zero-order chi connectivity index (χ0) is 13.9.